The molecule has 4 rings (SSSR count). The van der Waals surface area contributed by atoms with E-state index in [-0.39, 0.29) is 48.9 Å². The summed E-state index contributed by atoms with van der Waals surface area (Å²) in [5.41, 5.74) is -0.122. The Kier molecular flexibility index (Phi) is 4.37. The third-order valence-electron chi connectivity index (χ3n) is 4.84. The lowest BCUT2D eigenvalue weighted by atomic mass is 10.0. The Hall–Kier alpha value is -2.63. The molecule has 0 aliphatic carbocycles. The number of anilines is 1. The Morgan fingerprint density at radius 1 is 1.43 bits per heavy atom. The van der Waals surface area contributed by atoms with Crippen LogP contribution >= 0.6 is 11.3 Å². The van der Waals surface area contributed by atoms with Gasteiger partial charge in [0, 0.05) is 44.9 Å². The molecule has 30 heavy (non-hydrogen) atoms. The highest BCUT2D eigenvalue weighted by Gasteiger charge is 2.22. The zero-order valence-electron chi connectivity index (χ0n) is 21.5. The van der Waals surface area contributed by atoms with E-state index in [0.29, 0.717) is 21.2 Å². The van der Waals surface area contributed by atoms with Crippen molar-refractivity contribution < 1.29 is 15.7 Å². The lowest BCUT2D eigenvalue weighted by Crippen LogP contribution is -2.39. The smallest absolute Gasteiger partial charge is 0.162 e. The summed E-state index contributed by atoms with van der Waals surface area (Å²) < 4.78 is 71.3. The fraction of sp³-hybridized carbons (Fsp3) is 0.409. The van der Waals surface area contributed by atoms with Crippen LogP contribution in [0.15, 0.2) is 24.5 Å². The first-order chi connectivity index (χ1) is 16.4. The Labute approximate surface area is 185 Å². The lowest BCUT2D eigenvalue weighted by molar-refractivity contribution is 0.208. The molecule has 8 heteroatoms. The minimum absolute atomic E-state index is 0.117. The summed E-state index contributed by atoms with van der Waals surface area (Å²) in [6.07, 6.45) is 1.52. The molecule has 3 heterocycles. The number of likely N-dealkylation sites (tertiary alicyclic amines) is 1. The fourth-order valence-corrected chi connectivity index (χ4v) is 4.16. The predicted octanol–water partition coefficient (Wildman–Crippen LogP) is 5.04. The Morgan fingerprint density at radius 3 is 2.90 bits per heavy atom. The lowest BCUT2D eigenvalue weighted by Gasteiger charge is -2.32. The van der Waals surface area contributed by atoms with Gasteiger partial charge in [0.1, 0.15) is 29.8 Å². The van der Waals surface area contributed by atoms with Crippen LogP contribution in [0.3, 0.4) is 0 Å². The quantitative estimate of drug-likeness (QED) is 0.612. The van der Waals surface area contributed by atoms with Crippen molar-refractivity contribution in [1.82, 2.24) is 14.9 Å². The topological polar surface area (TPSA) is 64.8 Å². The number of fused-ring (bicyclic) bond motifs is 1. The monoisotopic (exact) mass is 432 g/mol. The average Bonchev–Trinajstić information content (AvgIpc) is 3.16. The van der Waals surface area contributed by atoms with Crippen molar-refractivity contribution >= 4 is 27.4 Å². The molecular formula is C22H23F2N5S. The number of halogens is 2. The highest BCUT2D eigenvalue weighted by molar-refractivity contribution is 7.19. The van der Waals surface area contributed by atoms with Crippen LogP contribution in [0.5, 0.6) is 0 Å². The summed E-state index contributed by atoms with van der Waals surface area (Å²) in [4.78, 5) is 10.5. The molecule has 0 saturated carbocycles. The van der Waals surface area contributed by atoms with E-state index < -0.39 is 30.1 Å². The van der Waals surface area contributed by atoms with Gasteiger partial charge in [0.25, 0.3) is 0 Å². The van der Waals surface area contributed by atoms with Crippen LogP contribution in [0.2, 0.25) is 1.41 Å². The second-order valence-electron chi connectivity index (χ2n) is 7.24. The van der Waals surface area contributed by atoms with Gasteiger partial charge < -0.3 is 5.31 Å². The van der Waals surface area contributed by atoms with Gasteiger partial charge in [0.05, 0.1) is 18.5 Å². The molecule has 0 radical (unpaired) electrons. The van der Waals surface area contributed by atoms with Crippen LogP contribution in [-0.2, 0) is 6.52 Å². The van der Waals surface area contributed by atoms with E-state index in [1.54, 1.807) is 24.8 Å². The highest BCUT2D eigenvalue weighted by atomic mass is 32.1. The number of nitrogens with one attached hydrogen (secondary N) is 1. The van der Waals surface area contributed by atoms with Gasteiger partial charge in [-0.25, -0.2) is 18.7 Å². The van der Waals surface area contributed by atoms with E-state index >= 15 is 0 Å². The van der Waals surface area contributed by atoms with Crippen LogP contribution in [-0.4, -0.2) is 34.0 Å². The van der Waals surface area contributed by atoms with E-state index in [9.17, 15) is 8.78 Å². The Bertz CT molecular complexity index is 1310. The van der Waals surface area contributed by atoms with Gasteiger partial charge >= 0.3 is 0 Å². The molecule has 5 nitrogen and oxygen atoms in total. The molecule has 0 spiro atoms. The fourth-order valence-electron chi connectivity index (χ4n) is 3.21. The molecule has 1 aliphatic heterocycles. The van der Waals surface area contributed by atoms with E-state index in [1.165, 1.54) is 17.7 Å². The first-order valence-electron chi connectivity index (χ1n) is 12.0. The largest absolute Gasteiger partial charge is 0.366 e. The standard InChI is InChI=1S/C22H23F2N5S/c1-13(2)20-9-19-21(30-20)22(27-12-26-19)28-16-3-5-29(6-4-16)11-15-7-14(10-25)17(23)8-18(15)24/h7-9,12-13,16H,3-6,11H2,1-2H3,(H,26,27,28)/i9D,11D,13D,16D/hD. The second kappa shape index (κ2) is 8.62. The Balaban J connectivity index is 1.57. The first-order valence-corrected chi connectivity index (χ1v) is 10.3. The van der Waals surface area contributed by atoms with Gasteiger partial charge in [-0.15, -0.1) is 11.3 Å². The molecule has 1 aliphatic rings. The van der Waals surface area contributed by atoms with E-state index in [0.717, 1.165) is 11.4 Å². The van der Waals surface area contributed by atoms with Crippen molar-refractivity contribution in [3.8, 4) is 6.07 Å². The van der Waals surface area contributed by atoms with Gasteiger partial charge in [-0.2, -0.15) is 5.26 Å². The normalized spacial score (nSPS) is 20.4. The molecular weight excluding hydrogens is 404 g/mol. The Morgan fingerprint density at radius 2 is 2.20 bits per heavy atom. The second-order valence-corrected chi connectivity index (χ2v) is 8.26. The molecule has 1 N–H and O–H groups in total. The molecule has 1 aromatic carbocycles. The van der Waals surface area contributed by atoms with E-state index in [2.05, 4.69) is 9.97 Å². The van der Waals surface area contributed by atoms with Gasteiger partial charge in [-0.05, 0) is 30.8 Å². The number of rotatable bonds is 5. The van der Waals surface area contributed by atoms with Crippen molar-refractivity contribution in [2.45, 2.75) is 45.1 Å². The van der Waals surface area contributed by atoms with Crippen molar-refractivity contribution in [1.29, 1.82) is 5.26 Å². The zero-order valence-corrected chi connectivity index (χ0v) is 17.4. The van der Waals surface area contributed by atoms with Gasteiger partial charge in [-0.1, -0.05) is 13.8 Å². The number of thiophene rings is 1. The molecule has 2 aromatic heterocycles. The minimum atomic E-state index is -1.40. The number of nitriles is 1. The van der Waals surface area contributed by atoms with Crippen molar-refractivity contribution in [2.24, 2.45) is 0 Å². The van der Waals surface area contributed by atoms with E-state index in [1.807, 2.05) is 0 Å². The van der Waals surface area contributed by atoms with Crippen LogP contribution in [0.1, 0.15) is 54.1 Å². The maximum Gasteiger partial charge on any atom is 0.162 e. The summed E-state index contributed by atoms with van der Waals surface area (Å²) in [5.74, 6) is -2.74. The maximum absolute atomic E-state index is 14.3. The molecule has 1 atom stereocenters. The highest BCUT2D eigenvalue weighted by Crippen LogP contribution is 2.34. The summed E-state index contributed by atoms with van der Waals surface area (Å²) in [5, 5.41) is 10.0. The van der Waals surface area contributed by atoms with Crippen molar-refractivity contribution in [3.05, 3.63) is 52.1 Å². The molecule has 0 bridgehead atoms. The van der Waals surface area contributed by atoms with Crippen LogP contribution in [0, 0.1) is 23.0 Å². The molecule has 1 fully saturated rings. The molecule has 1 saturated heterocycles. The molecule has 0 amide bonds. The third kappa shape index (κ3) is 4.27. The number of nitrogens with zero attached hydrogens (tertiary/aromatic N) is 4. The van der Waals surface area contributed by atoms with Gasteiger partial charge in [0.15, 0.2) is 1.41 Å². The van der Waals surface area contributed by atoms with Crippen LogP contribution in [0.25, 0.3) is 10.2 Å². The summed E-state index contributed by atoms with van der Waals surface area (Å²) >= 11 is 1.17. The number of hydrogen-bond donors (Lipinski definition) is 1. The number of hydrogen-bond acceptors (Lipinski definition) is 6. The van der Waals surface area contributed by atoms with Gasteiger partial charge in [-0.3, -0.25) is 4.90 Å². The number of piperidine rings is 1. The average molecular weight is 433 g/mol. The first kappa shape index (κ1) is 15.2. The summed E-state index contributed by atoms with van der Waals surface area (Å²) in [6.45, 7) is 2.54. The van der Waals surface area contributed by atoms with Crippen LogP contribution < -0.4 is 5.31 Å². The maximum atomic E-state index is 14.3. The summed E-state index contributed by atoms with van der Waals surface area (Å²) in [6, 6.07) is 2.02. The van der Waals surface area contributed by atoms with Crippen LogP contribution in [0.4, 0.5) is 14.6 Å². The molecule has 1 unspecified atom stereocenters. The number of aromatic nitrogens is 2. The third-order valence-corrected chi connectivity index (χ3v) is 6.14. The van der Waals surface area contributed by atoms with Crippen molar-refractivity contribution in [3.63, 3.8) is 0 Å². The summed E-state index contributed by atoms with van der Waals surface area (Å²) in [7, 11) is 0. The predicted molar refractivity (Wildman–Crippen MR) is 114 cm³/mol. The molecule has 3 aromatic rings. The molecule has 156 valence electrons. The number of benzene rings is 1. The minimum Gasteiger partial charge on any atom is -0.366 e. The van der Waals surface area contributed by atoms with E-state index in [4.69, 9.17) is 12.2 Å². The SMILES string of the molecule is [2H]c1c(C([2H])(C)C)sc2c(N([2H])C3([2H])CCN(C([2H])c4cc(C#N)c(F)cc4F)CC3)ncnc12. The van der Waals surface area contributed by atoms with Gasteiger partial charge in [0.2, 0.25) is 0 Å². The van der Waals surface area contributed by atoms with Crippen molar-refractivity contribution in [2.75, 3.05) is 18.4 Å². The zero-order chi connectivity index (χ0) is 25.7.